The Morgan fingerprint density at radius 2 is 2.29 bits per heavy atom. The maximum absolute atomic E-state index is 8.61. The molecule has 0 amide bonds. The van der Waals surface area contributed by atoms with Gasteiger partial charge in [-0.25, -0.2) is 4.68 Å². The maximum Gasteiger partial charge on any atom is 0.122 e. The smallest absolute Gasteiger partial charge is 0.122 e. The highest BCUT2D eigenvalue weighted by Gasteiger charge is 2.04. The summed E-state index contributed by atoms with van der Waals surface area (Å²) < 4.78 is 7.83. The molecule has 2 rings (SSSR count). The van der Waals surface area contributed by atoms with Gasteiger partial charge in [-0.05, 0) is 12.1 Å². The third kappa shape index (κ3) is 2.66. The number of methoxy groups -OCH3 is 1. The van der Waals surface area contributed by atoms with E-state index in [0.29, 0.717) is 6.42 Å². The Balaban J connectivity index is 2.38. The highest BCUT2D eigenvalue weighted by Crippen LogP contribution is 2.23. The van der Waals surface area contributed by atoms with Crippen LogP contribution in [0.3, 0.4) is 0 Å². The van der Waals surface area contributed by atoms with Crippen LogP contribution in [0.15, 0.2) is 35.1 Å². The van der Waals surface area contributed by atoms with Crippen molar-refractivity contribution in [3.63, 3.8) is 0 Å². The van der Waals surface area contributed by atoms with Gasteiger partial charge in [0.1, 0.15) is 5.75 Å². The van der Waals surface area contributed by atoms with Gasteiger partial charge >= 0.3 is 0 Å². The highest BCUT2D eigenvalue weighted by atomic mass is 79.9. The average Bonchev–Trinajstić information content (AvgIpc) is 2.77. The molecule has 0 saturated carbocycles. The number of benzene rings is 1. The Kier molecular flexibility index (Phi) is 3.45. The normalized spacial score (nSPS) is 9.94. The molecule has 1 aromatic heterocycles. The van der Waals surface area contributed by atoms with Gasteiger partial charge in [0, 0.05) is 22.3 Å². The van der Waals surface area contributed by atoms with E-state index in [1.54, 1.807) is 18.0 Å². The van der Waals surface area contributed by atoms with Crippen LogP contribution >= 0.6 is 15.9 Å². The number of hydrogen-bond donors (Lipinski definition) is 0. The van der Waals surface area contributed by atoms with Crippen molar-refractivity contribution in [2.24, 2.45) is 0 Å². The summed E-state index contributed by atoms with van der Waals surface area (Å²) in [6.07, 6.45) is 3.90. The molecule has 0 saturated heterocycles. The Bertz CT molecular complexity index is 571. The molecule has 0 radical (unpaired) electrons. The fourth-order valence-electron chi connectivity index (χ4n) is 1.48. The molecular formula is C12H10BrN3O. The first kappa shape index (κ1) is 11.7. The van der Waals surface area contributed by atoms with Crippen molar-refractivity contribution in [1.82, 2.24) is 9.78 Å². The van der Waals surface area contributed by atoms with E-state index < -0.39 is 0 Å². The molecule has 0 unspecified atom stereocenters. The van der Waals surface area contributed by atoms with Crippen molar-refractivity contribution in [3.8, 4) is 17.5 Å². The molecule has 0 fully saturated rings. The lowest BCUT2D eigenvalue weighted by Gasteiger charge is -2.05. The van der Waals surface area contributed by atoms with Crippen LogP contribution in [0.1, 0.15) is 5.56 Å². The van der Waals surface area contributed by atoms with Gasteiger partial charge in [0.15, 0.2) is 0 Å². The predicted octanol–water partition coefficient (Wildman–Crippen LogP) is 2.71. The SMILES string of the molecule is COc1cc(Br)cc(-n2cc(CC#N)cn2)c1. The zero-order valence-electron chi connectivity index (χ0n) is 9.22. The summed E-state index contributed by atoms with van der Waals surface area (Å²) in [6, 6.07) is 7.79. The molecule has 0 aliphatic heterocycles. The second-order valence-electron chi connectivity index (χ2n) is 3.48. The maximum atomic E-state index is 8.61. The number of aromatic nitrogens is 2. The van der Waals surface area contributed by atoms with Gasteiger partial charge < -0.3 is 4.74 Å². The lowest BCUT2D eigenvalue weighted by atomic mass is 10.3. The van der Waals surface area contributed by atoms with Crippen LogP contribution in [-0.4, -0.2) is 16.9 Å². The summed E-state index contributed by atoms with van der Waals surface area (Å²) in [4.78, 5) is 0. The van der Waals surface area contributed by atoms with Crippen LogP contribution in [0.2, 0.25) is 0 Å². The fourth-order valence-corrected chi connectivity index (χ4v) is 1.94. The van der Waals surface area contributed by atoms with Gasteiger partial charge in [0.25, 0.3) is 0 Å². The van der Waals surface area contributed by atoms with Gasteiger partial charge in [0.2, 0.25) is 0 Å². The Labute approximate surface area is 108 Å². The molecule has 0 spiro atoms. The molecule has 86 valence electrons. The van der Waals surface area contributed by atoms with Crippen LogP contribution in [0.4, 0.5) is 0 Å². The summed E-state index contributed by atoms with van der Waals surface area (Å²) in [7, 11) is 1.62. The van der Waals surface area contributed by atoms with Gasteiger partial charge in [0.05, 0.1) is 31.5 Å². The van der Waals surface area contributed by atoms with E-state index in [1.165, 1.54) is 0 Å². The third-order valence-electron chi connectivity index (χ3n) is 2.28. The topological polar surface area (TPSA) is 50.8 Å². The molecule has 0 atom stereocenters. The molecule has 0 aliphatic carbocycles. The van der Waals surface area contributed by atoms with Crippen molar-refractivity contribution in [2.75, 3.05) is 7.11 Å². The minimum Gasteiger partial charge on any atom is -0.497 e. The van der Waals surface area contributed by atoms with Crippen LogP contribution < -0.4 is 4.74 Å². The van der Waals surface area contributed by atoms with Crippen molar-refractivity contribution in [3.05, 3.63) is 40.6 Å². The van der Waals surface area contributed by atoms with Gasteiger partial charge in [-0.1, -0.05) is 15.9 Å². The Hall–Kier alpha value is -1.80. The summed E-state index contributed by atoms with van der Waals surface area (Å²) in [6.45, 7) is 0. The Morgan fingerprint density at radius 3 is 3.00 bits per heavy atom. The van der Waals surface area contributed by atoms with Crippen molar-refractivity contribution in [1.29, 1.82) is 5.26 Å². The van der Waals surface area contributed by atoms with Crippen LogP contribution in [0.25, 0.3) is 5.69 Å². The quantitative estimate of drug-likeness (QED) is 0.874. The number of hydrogen-bond acceptors (Lipinski definition) is 3. The van der Waals surface area contributed by atoms with E-state index in [1.807, 2.05) is 24.4 Å². The fraction of sp³-hybridized carbons (Fsp3) is 0.167. The van der Waals surface area contributed by atoms with E-state index in [2.05, 4.69) is 27.1 Å². The third-order valence-corrected chi connectivity index (χ3v) is 2.73. The first-order valence-corrected chi connectivity index (χ1v) is 5.77. The van der Waals surface area contributed by atoms with E-state index in [-0.39, 0.29) is 0 Å². The molecule has 17 heavy (non-hydrogen) atoms. The molecule has 2 aromatic rings. The number of rotatable bonds is 3. The molecule has 0 N–H and O–H groups in total. The van der Waals surface area contributed by atoms with E-state index >= 15 is 0 Å². The number of halogens is 1. The molecule has 5 heteroatoms. The molecule has 1 aromatic carbocycles. The van der Waals surface area contributed by atoms with Crippen molar-refractivity contribution < 1.29 is 4.74 Å². The first-order valence-electron chi connectivity index (χ1n) is 4.98. The van der Waals surface area contributed by atoms with Crippen molar-refractivity contribution in [2.45, 2.75) is 6.42 Å². The van der Waals surface area contributed by atoms with Gasteiger partial charge in [-0.3, -0.25) is 0 Å². The van der Waals surface area contributed by atoms with Gasteiger partial charge in [-0.15, -0.1) is 0 Å². The minimum absolute atomic E-state index is 0.366. The van der Waals surface area contributed by atoms with E-state index in [4.69, 9.17) is 10.00 Å². The second kappa shape index (κ2) is 5.02. The Morgan fingerprint density at radius 1 is 1.47 bits per heavy atom. The van der Waals surface area contributed by atoms with Gasteiger partial charge in [-0.2, -0.15) is 10.4 Å². The van der Waals surface area contributed by atoms with E-state index in [0.717, 1.165) is 21.5 Å². The largest absolute Gasteiger partial charge is 0.497 e. The number of nitrogens with zero attached hydrogens (tertiary/aromatic N) is 3. The number of ether oxygens (including phenoxy) is 1. The molecule has 4 nitrogen and oxygen atoms in total. The average molecular weight is 292 g/mol. The summed E-state index contributed by atoms with van der Waals surface area (Å²) in [5.74, 6) is 0.756. The molecule has 0 aliphatic rings. The first-order chi connectivity index (χ1) is 8.22. The molecule has 0 bridgehead atoms. The standard InChI is InChI=1S/C12H10BrN3O/c1-17-12-5-10(13)4-11(6-12)16-8-9(2-3-14)7-15-16/h4-8H,2H2,1H3. The van der Waals surface area contributed by atoms with Crippen LogP contribution in [0.5, 0.6) is 5.75 Å². The van der Waals surface area contributed by atoms with Crippen LogP contribution in [-0.2, 0) is 6.42 Å². The lowest BCUT2D eigenvalue weighted by Crippen LogP contribution is -1.95. The summed E-state index contributed by atoms with van der Waals surface area (Å²) in [5, 5.41) is 12.8. The van der Waals surface area contributed by atoms with Crippen molar-refractivity contribution >= 4 is 15.9 Å². The second-order valence-corrected chi connectivity index (χ2v) is 4.39. The van der Waals surface area contributed by atoms with E-state index in [9.17, 15) is 0 Å². The number of nitriles is 1. The lowest BCUT2D eigenvalue weighted by molar-refractivity contribution is 0.414. The molecule has 1 heterocycles. The zero-order valence-corrected chi connectivity index (χ0v) is 10.8. The predicted molar refractivity (Wildman–Crippen MR) is 67.1 cm³/mol. The van der Waals surface area contributed by atoms with Crippen LogP contribution in [0, 0.1) is 11.3 Å². The summed E-state index contributed by atoms with van der Waals surface area (Å²) in [5.41, 5.74) is 1.78. The zero-order chi connectivity index (χ0) is 12.3. The minimum atomic E-state index is 0.366. The highest BCUT2D eigenvalue weighted by molar-refractivity contribution is 9.10. The summed E-state index contributed by atoms with van der Waals surface area (Å²) >= 11 is 3.42. The monoisotopic (exact) mass is 291 g/mol. The molecular weight excluding hydrogens is 282 g/mol.